The van der Waals surface area contributed by atoms with Crippen LogP contribution in [0.1, 0.15) is 18.4 Å². The summed E-state index contributed by atoms with van der Waals surface area (Å²) in [4.78, 5) is 18.8. The SMILES string of the molecule is ONC(=Nc1ccc(F)c(Cl)c1)c1ccnc2nc(NCCN3CCOCC34CC4)[nH]c12. The number of rotatable bonds is 6. The molecule has 0 atom stereocenters. The minimum Gasteiger partial charge on any atom is -0.378 e. The Bertz CT molecular complexity index is 1160. The van der Waals surface area contributed by atoms with E-state index in [0.29, 0.717) is 28.4 Å². The Kier molecular flexibility index (Phi) is 5.68. The topological polar surface area (TPSA) is 111 Å². The second-order valence-electron chi connectivity index (χ2n) is 8.00. The highest BCUT2D eigenvalue weighted by Crippen LogP contribution is 2.43. The van der Waals surface area contributed by atoms with Crippen molar-refractivity contribution in [3.05, 3.63) is 46.9 Å². The number of nitrogens with zero attached hydrogens (tertiary/aromatic N) is 4. The van der Waals surface area contributed by atoms with Crippen LogP contribution in [0.3, 0.4) is 0 Å². The van der Waals surface area contributed by atoms with Crippen molar-refractivity contribution >= 4 is 40.2 Å². The standard InChI is InChI=1S/C21H23ClFN7O2/c22-15-11-13(1-2-16(15)23)26-18(29-31)14-3-6-24-19-17(14)27-20(28-19)25-7-8-30-9-10-32-12-21(30)4-5-21/h1-3,6,11,31H,4-5,7-10,12H2,(H,26,29)(H2,24,25,27,28). The first-order valence-electron chi connectivity index (χ1n) is 10.4. The van der Waals surface area contributed by atoms with Crippen LogP contribution in [0.5, 0.6) is 0 Å². The van der Waals surface area contributed by atoms with Gasteiger partial charge in [0.2, 0.25) is 5.95 Å². The van der Waals surface area contributed by atoms with Crippen molar-refractivity contribution < 1.29 is 14.3 Å². The number of halogens is 2. The third kappa shape index (κ3) is 4.14. The van der Waals surface area contributed by atoms with Crippen LogP contribution >= 0.6 is 11.6 Å². The first-order valence-corrected chi connectivity index (χ1v) is 10.8. The lowest BCUT2D eigenvalue weighted by molar-refractivity contribution is -0.0180. The summed E-state index contributed by atoms with van der Waals surface area (Å²) in [6.45, 7) is 4.17. The maximum Gasteiger partial charge on any atom is 0.202 e. The van der Waals surface area contributed by atoms with Crippen LogP contribution < -0.4 is 10.8 Å². The number of fused-ring (bicyclic) bond motifs is 1. The van der Waals surface area contributed by atoms with Crippen molar-refractivity contribution in [1.82, 2.24) is 25.3 Å². The van der Waals surface area contributed by atoms with Crippen molar-refractivity contribution in [2.75, 3.05) is 38.2 Å². The molecule has 0 unspecified atom stereocenters. The fraction of sp³-hybridized carbons (Fsp3) is 0.381. The monoisotopic (exact) mass is 459 g/mol. The minimum absolute atomic E-state index is 0.0512. The van der Waals surface area contributed by atoms with E-state index in [1.54, 1.807) is 12.3 Å². The van der Waals surface area contributed by atoms with Gasteiger partial charge in [-0.1, -0.05) is 11.6 Å². The van der Waals surface area contributed by atoms with E-state index in [0.717, 1.165) is 32.8 Å². The van der Waals surface area contributed by atoms with Crippen LogP contribution in [0.2, 0.25) is 5.02 Å². The van der Waals surface area contributed by atoms with Crippen LogP contribution in [0, 0.1) is 5.82 Å². The first-order chi connectivity index (χ1) is 15.6. The van der Waals surface area contributed by atoms with Crippen molar-refractivity contribution in [3.63, 3.8) is 0 Å². The number of nitrogens with one attached hydrogen (secondary N) is 3. The zero-order chi connectivity index (χ0) is 22.1. The maximum atomic E-state index is 13.4. The Morgan fingerprint density at radius 2 is 2.25 bits per heavy atom. The number of anilines is 1. The molecule has 5 rings (SSSR count). The van der Waals surface area contributed by atoms with Gasteiger partial charge in [0.05, 0.1) is 29.4 Å². The zero-order valence-electron chi connectivity index (χ0n) is 17.2. The van der Waals surface area contributed by atoms with Crippen molar-refractivity contribution in [3.8, 4) is 0 Å². The van der Waals surface area contributed by atoms with Gasteiger partial charge in [-0.05, 0) is 37.1 Å². The van der Waals surface area contributed by atoms with E-state index in [1.165, 1.54) is 31.0 Å². The van der Waals surface area contributed by atoms with Crippen LogP contribution in [-0.2, 0) is 4.74 Å². The third-order valence-electron chi connectivity index (χ3n) is 5.95. The summed E-state index contributed by atoms with van der Waals surface area (Å²) in [6.07, 6.45) is 3.97. The van der Waals surface area contributed by atoms with Crippen LogP contribution in [0.25, 0.3) is 11.2 Å². The smallest absolute Gasteiger partial charge is 0.202 e. The van der Waals surface area contributed by atoms with E-state index >= 15 is 0 Å². The van der Waals surface area contributed by atoms with E-state index in [2.05, 4.69) is 35.6 Å². The van der Waals surface area contributed by atoms with Crippen LogP contribution in [0.15, 0.2) is 35.5 Å². The van der Waals surface area contributed by atoms with Gasteiger partial charge in [-0.25, -0.2) is 14.4 Å². The molecule has 3 aromatic rings. The molecule has 1 aliphatic carbocycles. The quantitative estimate of drug-likeness (QED) is 0.254. The molecule has 11 heteroatoms. The molecule has 0 bridgehead atoms. The molecule has 32 heavy (non-hydrogen) atoms. The fourth-order valence-electron chi connectivity index (χ4n) is 4.05. The number of benzene rings is 1. The number of hydroxylamine groups is 1. The molecule has 1 saturated heterocycles. The molecule has 2 fully saturated rings. The zero-order valence-corrected chi connectivity index (χ0v) is 18.0. The summed E-state index contributed by atoms with van der Waals surface area (Å²) in [5, 5.41) is 13.0. The van der Waals surface area contributed by atoms with Gasteiger partial charge >= 0.3 is 0 Å². The Hall–Kier alpha value is -2.79. The molecule has 1 aromatic carbocycles. The molecule has 1 aliphatic heterocycles. The van der Waals surface area contributed by atoms with E-state index in [-0.39, 0.29) is 16.4 Å². The Labute approximate surface area is 188 Å². The lowest BCUT2D eigenvalue weighted by atomic mass is 10.2. The second-order valence-corrected chi connectivity index (χ2v) is 8.41. The Morgan fingerprint density at radius 1 is 1.38 bits per heavy atom. The van der Waals surface area contributed by atoms with Crippen molar-refractivity contribution in [2.24, 2.45) is 4.99 Å². The Balaban J connectivity index is 1.34. The predicted octanol–water partition coefficient (Wildman–Crippen LogP) is 3.08. The Morgan fingerprint density at radius 3 is 3.03 bits per heavy atom. The van der Waals surface area contributed by atoms with Crippen LogP contribution in [-0.4, -0.2) is 69.3 Å². The highest BCUT2D eigenvalue weighted by molar-refractivity contribution is 6.31. The molecule has 3 heterocycles. The fourth-order valence-corrected chi connectivity index (χ4v) is 4.22. The van der Waals surface area contributed by atoms with Gasteiger partial charge in [0.1, 0.15) is 5.82 Å². The molecule has 2 aromatic heterocycles. The minimum atomic E-state index is -0.538. The number of aromatic nitrogens is 3. The normalized spacial score (nSPS) is 18.3. The summed E-state index contributed by atoms with van der Waals surface area (Å²) in [5.74, 6) is 0.198. The van der Waals surface area contributed by atoms with Gasteiger partial charge < -0.3 is 15.0 Å². The molecule has 9 nitrogen and oxygen atoms in total. The second kappa shape index (κ2) is 8.62. The molecular formula is C21H23ClFN7O2. The van der Waals surface area contributed by atoms with E-state index < -0.39 is 5.82 Å². The van der Waals surface area contributed by atoms with E-state index in [1.807, 2.05) is 0 Å². The number of ether oxygens (including phenoxy) is 1. The number of hydrogen-bond donors (Lipinski definition) is 4. The largest absolute Gasteiger partial charge is 0.378 e. The molecule has 0 radical (unpaired) electrons. The molecular weight excluding hydrogens is 437 g/mol. The molecule has 4 N–H and O–H groups in total. The summed E-state index contributed by atoms with van der Waals surface area (Å²) < 4.78 is 19.1. The van der Waals surface area contributed by atoms with Gasteiger partial charge in [-0.15, -0.1) is 0 Å². The number of hydrogen-bond acceptors (Lipinski definition) is 7. The highest BCUT2D eigenvalue weighted by atomic mass is 35.5. The molecule has 1 spiro atoms. The molecule has 2 aliphatic rings. The number of aliphatic imine (C=N–C) groups is 1. The lowest BCUT2D eigenvalue weighted by Gasteiger charge is -2.36. The highest BCUT2D eigenvalue weighted by Gasteiger charge is 2.49. The van der Waals surface area contributed by atoms with Crippen molar-refractivity contribution in [1.29, 1.82) is 0 Å². The number of pyridine rings is 1. The lowest BCUT2D eigenvalue weighted by Crippen LogP contribution is -2.49. The number of amidine groups is 1. The predicted molar refractivity (Wildman–Crippen MR) is 119 cm³/mol. The maximum absolute atomic E-state index is 13.4. The third-order valence-corrected chi connectivity index (χ3v) is 6.24. The summed E-state index contributed by atoms with van der Waals surface area (Å²) in [7, 11) is 0. The van der Waals surface area contributed by atoms with E-state index in [4.69, 9.17) is 16.3 Å². The average molecular weight is 460 g/mol. The summed E-state index contributed by atoms with van der Waals surface area (Å²) >= 11 is 5.84. The molecule has 168 valence electrons. The molecule has 0 amide bonds. The van der Waals surface area contributed by atoms with Gasteiger partial charge in [0.15, 0.2) is 11.5 Å². The summed E-state index contributed by atoms with van der Waals surface area (Å²) in [5.41, 5.74) is 4.37. The average Bonchev–Trinajstić information content (AvgIpc) is 3.43. The molecule has 1 saturated carbocycles. The van der Waals surface area contributed by atoms with Gasteiger partial charge in [0.25, 0.3) is 0 Å². The number of H-pyrrole nitrogens is 1. The van der Waals surface area contributed by atoms with Gasteiger partial charge in [-0.2, -0.15) is 4.98 Å². The van der Waals surface area contributed by atoms with E-state index in [9.17, 15) is 9.60 Å². The first kappa shape index (κ1) is 21.1. The van der Waals surface area contributed by atoms with Gasteiger partial charge in [-0.3, -0.25) is 15.6 Å². The number of imidazole rings is 1. The van der Waals surface area contributed by atoms with Gasteiger partial charge in [0, 0.05) is 36.9 Å². The number of aromatic amines is 1. The van der Waals surface area contributed by atoms with Crippen molar-refractivity contribution in [2.45, 2.75) is 18.4 Å². The summed E-state index contributed by atoms with van der Waals surface area (Å²) in [6, 6.07) is 5.76. The number of morpholine rings is 1. The van der Waals surface area contributed by atoms with Crippen LogP contribution in [0.4, 0.5) is 16.0 Å².